The normalized spacial score (nSPS) is 26.2. The first-order valence-corrected chi connectivity index (χ1v) is 4.57. The first-order valence-electron chi connectivity index (χ1n) is 4.57. The van der Waals surface area contributed by atoms with E-state index < -0.39 is 0 Å². The molecule has 1 aliphatic heterocycles. The molecule has 1 aliphatic rings. The Balaban J connectivity index is 2.25. The van der Waals surface area contributed by atoms with E-state index in [-0.39, 0.29) is 6.10 Å². The maximum Gasteiger partial charge on any atom is 0.0794 e. The van der Waals surface area contributed by atoms with Gasteiger partial charge in [-0.25, -0.2) is 0 Å². The monoisotopic (exact) mass is 157 g/mol. The lowest BCUT2D eigenvalue weighted by atomic mass is 9.96. The summed E-state index contributed by atoms with van der Waals surface area (Å²) in [5.74, 6) is 0.752. The Hall–Kier alpha value is -0.0800. The number of β-amino-alcohol motifs (C(OH)–C–C–N with tert-alkyl or cyclic N) is 1. The molecule has 0 saturated carbocycles. The number of rotatable bonds is 3. The highest BCUT2D eigenvalue weighted by molar-refractivity contribution is 4.84. The van der Waals surface area contributed by atoms with Crippen molar-refractivity contribution < 1.29 is 5.11 Å². The van der Waals surface area contributed by atoms with Crippen LogP contribution in [-0.2, 0) is 0 Å². The maximum absolute atomic E-state index is 9.08. The summed E-state index contributed by atoms with van der Waals surface area (Å²) in [7, 11) is 0. The van der Waals surface area contributed by atoms with Crippen molar-refractivity contribution in [2.45, 2.75) is 39.3 Å². The van der Waals surface area contributed by atoms with Crippen LogP contribution in [0.2, 0.25) is 0 Å². The minimum Gasteiger partial charge on any atom is -0.390 e. The molecule has 0 aromatic carbocycles. The number of hydrogen-bond donors (Lipinski definition) is 1. The van der Waals surface area contributed by atoms with Gasteiger partial charge in [0.2, 0.25) is 0 Å². The maximum atomic E-state index is 9.08. The average molecular weight is 157 g/mol. The molecule has 2 atom stereocenters. The zero-order valence-electron chi connectivity index (χ0n) is 7.75. The van der Waals surface area contributed by atoms with Crippen LogP contribution in [0, 0.1) is 5.92 Å². The first-order chi connectivity index (χ1) is 5.15. The zero-order chi connectivity index (χ0) is 8.43. The second-order valence-electron chi connectivity index (χ2n) is 3.73. The molecular weight excluding hydrogens is 138 g/mol. The van der Waals surface area contributed by atoms with E-state index in [1.54, 1.807) is 0 Å². The van der Waals surface area contributed by atoms with Gasteiger partial charge in [0.15, 0.2) is 0 Å². The van der Waals surface area contributed by atoms with E-state index in [1.807, 2.05) is 0 Å². The molecule has 2 nitrogen and oxygen atoms in total. The SMILES string of the molecule is CCC(C)C(C)N1CC(O)C1. The Morgan fingerprint density at radius 2 is 2.00 bits per heavy atom. The Morgan fingerprint density at radius 3 is 2.36 bits per heavy atom. The van der Waals surface area contributed by atoms with Crippen LogP contribution in [0.5, 0.6) is 0 Å². The summed E-state index contributed by atoms with van der Waals surface area (Å²) in [6.45, 7) is 8.50. The summed E-state index contributed by atoms with van der Waals surface area (Å²) in [5, 5.41) is 9.08. The molecule has 2 unspecified atom stereocenters. The minimum absolute atomic E-state index is 0.0542. The number of nitrogens with zero attached hydrogens (tertiary/aromatic N) is 1. The van der Waals surface area contributed by atoms with Gasteiger partial charge in [-0.3, -0.25) is 4.90 Å². The summed E-state index contributed by atoms with van der Waals surface area (Å²) >= 11 is 0. The molecule has 0 aromatic rings. The van der Waals surface area contributed by atoms with Gasteiger partial charge in [-0.05, 0) is 12.8 Å². The molecule has 1 fully saturated rings. The van der Waals surface area contributed by atoms with E-state index in [1.165, 1.54) is 6.42 Å². The largest absolute Gasteiger partial charge is 0.390 e. The molecule has 1 heterocycles. The Bertz CT molecular complexity index is 121. The van der Waals surface area contributed by atoms with Gasteiger partial charge in [-0.2, -0.15) is 0 Å². The number of aliphatic hydroxyl groups is 1. The van der Waals surface area contributed by atoms with E-state index in [4.69, 9.17) is 5.11 Å². The second kappa shape index (κ2) is 3.55. The van der Waals surface area contributed by atoms with Gasteiger partial charge < -0.3 is 5.11 Å². The summed E-state index contributed by atoms with van der Waals surface area (Å²) in [6, 6.07) is 0.642. The fourth-order valence-corrected chi connectivity index (χ4v) is 1.52. The standard InChI is InChI=1S/C9H19NO/c1-4-7(2)8(3)10-5-9(11)6-10/h7-9,11H,4-6H2,1-3H3. The fraction of sp³-hybridized carbons (Fsp3) is 1.00. The van der Waals surface area contributed by atoms with Gasteiger partial charge in [0, 0.05) is 19.1 Å². The Kier molecular flexibility index (Phi) is 2.90. The summed E-state index contributed by atoms with van der Waals surface area (Å²) in [6.07, 6.45) is 1.18. The minimum atomic E-state index is -0.0542. The summed E-state index contributed by atoms with van der Waals surface area (Å²) in [4.78, 5) is 2.35. The quantitative estimate of drug-likeness (QED) is 0.663. The molecule has 66 valence electrons. The lowest BCUT2D eigenvalue weighted by Crippen LogP contribution is -2.56. The van der Waals surface area contributed by atoms with Crippen molar-refractivity contribution in [1.29, 1.82) is 0 Å². The highest BCUT2D eigenvalue weighted by atomic mass is 16.3. The molecule has 0 radical (unpaired) electrons. The molecule has 1 N–H and O–H groups in total. The van der Waals surface area contributed by atoms with Crippen molar-refractivity contribution >= 4 is 0 Å². The van der Waals surface area contributed by atoms with E-state index in [0.717, 1.165) is 19.0 Å². The van der Waals surface area contributed by atoms with Crippen molar-refractivity contribution in [2.24, 2.45) is 5.92 Å². The Labute approximate surface area is 69.2 Å². The molecule has 0 bridgehead atoms. The predicted octanol–water partition coefficient (Wildman–Crippen LogP) is 1.10. The summed E-state index contributed by atoms with van der Waals surface area (Å²) in [5.41, 5.74) is 0. The third-order valence-corrected chi connectivity index (χ3v) is 2.93. The van der Waals surface area contributed by atoms with Gasteiger partial charge in [-0.15, -0.1) is 0 Å². The van der Waals surface area contributed by atoms with Crippen LogP contribution in [0.4, 0.5) is 0 Å². The predicted molar refractivity (Wildman–Crippen MR) is 46.5 cm³/mol. The van der Waals surface area contributed by atoms with Crippen molar-refractivity contribution in [2.75, 3.05) is 13.1 Å². The molecule has 1 rings (SSSR count). The third-order valence-electron chi connectivity index (χ3n) is 2.93. The highest BCUT2D eigenvalue weighted by Crippen LogP contribution is 2.19. The van der Waals surface area contributed by atoms with Gasteiger partial charge in [-0.1, -0.05) is 20.3 Å². The van der Waals surface area contributed by atoms with Gasteiger partial charge in [0.05, 0.1) is 6.10 Å². The van der Waals surface area contributed by atoms with Crippen LogP contribution in [0.3, 0.4) is 0 Å². The lowest BCUT2D eigenvalue weighted by Gasteiger charge is -2.42. The van der Waals surface area contributed by atoms with Gasteiger partial charge in [0.1, 0.15) is 0 Å². The topological polar surface area (TPSA) is 23.5 Å². The highest BCUT2D eigenvalue weighted by Gasteiger charge is 2.30. The number of likely N-dealkylation sites (tertiary alicyclic amines) is 1. The van der Waals surface area contributed by atoms with Crippen LogP contribution in [0.25, 0.3) is 0 Å². The van der Waals surface area contributed by atoms with E-state index in [0.29, 0.717) is 6.04 Å². The number of aliphatic hydroxyl groups excluding tert-OH is 1. The van der Waals surface area contributed by atoms with Crippen LogP contribution in [-0.4, -0.2) is 35.2 Å². The van der Waals surface area contributed by atoms with E-state index in [2.05, 4.69) is 25.7 Å². The lowest BCUT2D eigenvalue weighted by molar-refractivity contribution is -0.0330. The number of hydrogen-bond acceptors (Lipinski definition) is 2. The fourth-order valence-electron chi connectivity index (χ4n) is 1.52. The molecule has 0 aromatic heterocycles. The molecule has 2 heteroatoms. The third kappa shape index (κ3) is 1.94. The van der Waals surface area contributed by atoms with Gasteiger partial charge in [0.25, 0.3) is 0 Å². The van der Waals surface area contributed by atoms with Crippen molar-refractivity contribution in [3.05, 3.63) is 0 Å². The second-order valence-corrected chi connectivity index (χ2v) is 3.73. The van der Waals surface area contributed by atoms with Crippen LogP contribution in [0.15, 0.2) is 0 Å². The molecule has 11 heavy (non-hydrogen) atoms. The van der Waals surface area contributed by atoms with Crippen molar-refractivity contribution in [1.82, 2.24) is 4.90 Å². The van der Waals surface area contributed by atoms with E-state index >= 15 is 0 Å². The molecule has 0 spiro atoms. The molecule has 0 amide bonds. The smallest absolute Gasteiger partial charge is 0.0794 e. The van der Waals surface area contributed by atoms with Crippen LogP contribution in [0.1, 0.15) is 27.2 Å². The van der Waals surface area contributed by atoms with Crippen LogP contribution < -0.4 is 0 Å². The first kappa shape index (κ1) is 9.01. The molecule has 0 aliphatic carbocycles. The van der Waals surface area contributed by atoms with Gasteiger partial charge >= 0.3 is 0 Å². The average Bonchev–Trinajstić information content (AvgIpc) is 1.96. The van der Waals surface area contributed by atoms with Crippen molar-refractivity contribution in [3.63, 3.8) is 0 Å². The van der Waals surface area contributed by atoms with E-state index in [9.17, 15) is 0 Å². The zero-order valence-corrected chi connectivity index (χ0v) is 7.75. The van der Waals surface area contributed by atoms with Crippen LogP contribution >= 0.6 is 0 Å². The molecular formula is C9H19NO. The molecule has 1 saturated heterocycles. The Morgan fingerprint density at radius 1 is 1.45 bits per heavy atom. The summed E-state index contributed by atoms with van der Waals surface area (Å²) < 4.78 is 0. The van der Waals surface area contributed by atoms with Crippen molar-refractivity contribution in [3.8, 4) is 0 Å².